The van der Waals surface area contributed by atoms with Gasteiger partial charge in [0.05, 0.1) is 5.69 Å². The number of nitrogens with one attached hydrogen (secondary N) is 1. The Morgan fingerprint density at radius 3 is 2.28 bits per heavy atom. The van der Waals surface area contributed by atoms with E-state index < -0.39 is 6.10 Å². The summed E-state index contributed by atoms with van der Waals surface area (Å²) in [6.45, 7) is 2.42. The topological polar surface area (TPSA) is 56.8 Å². The zero-order valence-corrected chi connectivity index (χ0v) is 16.8. The molecule has 0 fully saturated rings. The van der Waals surface area contributed by atoms with Crippen molar-refractivity contribution in [3.8, 4) is 17.2 Å². The van der Waals surface area contributed by atoms with Gasteiger partial charge in [-0.2, -0.15) is 0 Å². The number of hydrogen-bond donors (Lipinski definition) is 1. The molecule has 0 aliphatic heterocycles. The molecule has 0 aliphatic carbocycles. The van der Waals surface area contributed by atoms with Gasteiger partial charge in [0.25, 0.3) is 5.91 Å². The van der Waals surface area contributed by atoms with Gasteiger partial charge >= 0.3 is 0 Å². The third-order valence-corrected chi connectivity index (χ3v) is 4.25. The van der Waals surface area contributed by atoms with E-state index in [1.54, 1.807) is 43.3 Å². The smallest absolute Gasteiger partial charge is 0.265 e. The second-order valence-corrected chi connectivity index (χ2v) is 6.65. The van der Waals surface area contributed by atoms with Crippen LogP contribution in [-0.4, -0.2) is 25.2 Å². The molecule has 1 unspecified atom stereocenters. The minimum Gasteiger partial charge on any atom is -0.490 e. The lowest BCUT2D eigenvalue weighted by Gasteiger charge is -2.17. The van der Waals surface area contributed by atoms with E-state index in [0.717, 1.165) is 5.75 Å². The predicted octanol–water partition coefficient (Wildman–Crippen LogP) is 5.20. The van der Waals surface area contributed by atoms with Crippen LogP contribution in [0, 0.1) is 0 Å². The summed E-state index contributed by atoms with van der Waals surface area (Å²) in [5.41, 5.74) is 0.573. The van der Waals surface area contributed by atoms with Gasteiger partial charge in [0.15, 0.2) is 6.10 Å². The molecule has 29 heavy (non-hydrogen) atoms. The highest BCUT2D eigenvalue weighted by molar-refractivity contribution is 6.30. The average Bonchev–Trinajstić information content (AvgIpc) is 2.74. The van der Waals surface area contributed by atoms with Crippen LogP contribution in [0.2, 0.25) is 5.02 Å². The quantitative estimate of drug-likeness (QED) is 0.491. The third kappa shape index (κ3) is 6.43. The maximum absolute atomic E-state index is 12.5. The van der Waals surface area contributed by atoms with Crippen molar-refractivity contribution in [1.29, 1.82) is 0 Å². The largest absolute Gasteiger partial charge is 0.490 e. The number of rotatable bonds is 9. The van der Waals surface area contributed by atoms with Crippen LogP contribution in [0.3, 0.4) is 0 Å². The number of hydrogen-bond acceptors (Lipinski definition) is 4. The van der Waals surface area contributed by atoms with Gasteiger partial charge in [-0.3, -0.25) is 4.79 Å². The van der Waals surface area contributed by atoms with E-state index in [9.17, 15) is 4.79 Å². The molecular formula is C23H22ClNO4. The average molecular weight is 412 g/mol. The minimum atomic E-state index is -0.689. The van der Waals surface area contributed by atoms with Gasteiger partial charge in [-0.05, 0) is 55.5 Å². The number of anilines is 1. The van der Waals surface area contributed by atoms with Crippen molar-refractivity contribution in [2.45, 2.75) is 13.0 Å². The second kappa shape index (κ2) is 10.4. The minimum absolute atomic E-state index is 0.281. The lowest BCUT2D eigenvalue weighted by Crippen LogP contribution is -2.30. The molecule has 0 radical (unpaired) electrons. The first-order chi connectivity index (χ1) is 14.1. The Kier molecular flexibility index (Phi) is 7.36. The summed E-state index contributed by atoms with van der Waals surface area (Å²) in [6.07, 6.45) is -0.689. The predicted molar refractivity (Wildman–Crippen MR) is 114 cm³/mol. The van der Waals surface area contributed by atoms with Crippen molar-refractivity contribution in [3.63, 3.8) is 0 Å². The van der Waals surface area contributed by atoms with Crippen LogP contribution in [-0.2, 0) is 4.79 Å². The summed E-state index contributed by atoms with van der Waals surface area (Å²) >= 11 is 5.86. The molecule has 0 saturated heterocycles. The molecule has 0 saturated carbocycles. The molecule has 1 amide bonds. The van der Waals surface area contributed by atoms with Crippen LogP contribution in [0.25, 0.3) is 0 Å². The number of carbonyl (C=O) groups excluding carboxylic acids is 1. The zero-order chi connectivity index (χ0) is 20.5. The Bertz CT molecular complexity index is 916. The molecule has 3 rings (SSSR count). The second-order valence-electron chi connectivity index (χ2n) is 6.21. The summed E-state index contributed by atoms with van der Waals surface area (Å²) in [5.74, 6) is 1.64. The first-order valence-electron chi connectivity index (χ1n) is 9.24. The maximum atomic E-state index is 12.5. The van der Waals surface area contributed by atoms with E-state index in [4.69, 9.17) is 25.8 Å². The van der Waals surface area contributed by atoms with Crippen LogP contribution >= 0.6 is 11.6 Å². The molecule has 1 atom stereocenters. The van der Waals surface area contributed by atoms with Crippen LogP contribution in [0.4, 0.5) is 5.69 Å². The summed E-state index contributed by atoms with van der Waals surface area (Å²) in [6, 6.07) is 23.6. The Balaban J connectivity index is 1.52. The van der Waals surface area contributed by atoms with Crippen molar-refractivity contribution in [2.24, 2.45) is 0 Å². The van der Waals surface area contributed by atoms with Crippen molar-refractivity contribution >= 4 is 23.2 Å². The van der Waals surface area contributed by atoms with Crippen molar-refractivity contribution in [1.82, 2.24) is 0 Å². The fraction of sp³-hybridized carbons (Fsp3) is 0.174. The molecule has 6 heteroatoms. The highest BCUT2D eigenvalue weighted by Gasteiger charge is 2.16. The van der Waals surface area contributed by atoms with Crippen molar-refractivity contribution < 1.29 is 19.0 Å². The third-order valence-electron chi connectivity index (χ3n) is 3.99. The first-order valence-corrected chi connectivity index (χ1v) is 9.62. The maximum Gasteiger partial charge on any atom is 0.265 e. The molecule has 0 heterocycles. The number of amides is 1. The van der Waals surface area contributed by atoms with Gasteiger partial charge in [0.1, 0.15) is 30.5 Å². The van der Waals surface area contributed by atoms with Gasteiger partial charge in [-0.15, -0.1) is 0 Å². The normalized spacial score (nSPS) is 11.4. The van der Waals surface area contributed by atoms with Gasteiger partial charge in [0.2, 0.25) is 0 Å². The highest BCUT2D eigenvalue weighted by atomic mass is 35.5. The molecule has 3 aromatic carbocycles. The molecule has 3 aromatic rings. The number of carbonyl (C=O) groups is 1. The molecule has 5 nitrogen and oxygen atoms in total. The van der Waals surface area contributed by atoms with Crippen LogP contribution in [0.5, 0.6) is 17.2 Å². The van der Waals surface area contributed by atoms with E-state index in [2.05, 4.69) is 5.32 Å². The fourth-order valence-electron chi connectivity index (χ4n) is 2.53. The number of halogens is 1. The SMILES string of the molecule is CC(Oc1ccc(Cl)cc1)C(=O)Nc1ccccc1OCCOc1ccccc1. The van der Waals surface area contributed by atoms with Crippen LogP contribution < -0.4 is 19.5 Å². The summed E-state index contributed by atoms with van der Waals surface area (Å²) in [4.78, 5) is 12.5. The van der Waals surface area contributed by atoms with Crippen LogP contribution in [0.15, 0.2) is 78.9 Å². The van der Waals surface area contributed by atoms with E-state index in [1.165, 1.54) is 0 Å². The van der Waals surface area contributed by atoms with Gasteiger partial charge in [0, 0.05) is 5.02 Å². The van der Waals surface area contributed by atoms with Gasteiger partial charge in [-0.25, -0.2) is 0 Å². The van der Waals surface area contributed by atoms with E-state index >= 15 is 0 Å². The Hall–Kier alpha value is -3.18. The summed E-state index contributed by atoms with van der Waals surface area (Å²) < 4.78 is 17.1. The number of benzene rings is 3. The lowest BCUT2D eigenvalue weighted by atomic mass is 10.2. The Labute approximate surface area is 175 Å². The number of ether oxygens (including phenoxy) is 3. The molecule has 0 aliphatic rings. The molecule has 0 bridgehead atoms. The Morgan fingerprint density at radius 1 is 0.862 bits per heavy atom. The molecular weight excluding hydrogens is 390 g/mol. The highest BCUT2D eigenvalue weighted by Crippen LogP contribution is 2.24. The van der Waals surface area contributed by atoms with Gasteiger partial charge in [-0.1, -0.05) is 41.9 Å². The summed E-state index contributed by atoms with van der Waals surface area (Å²) in [7, 11) is 0. The zero-order valence-electron chi connectivity index (χ0n) is 16.0. The molecule has 150 valence electrons. The van der Waals surface area contributed by atoms with Crippen LogP contribution in [0.1, 0.15) is 6.92 Å². The van der Waals surface area contributed by atoms with Crippen molar-refractivity contribution in [3.05, 3.63) is 83.9 Å². The van der Waals surface area contributed by atoms with E-state index in [1.807, 2.05) is 42.5 Å². The monoisotopic (exact) mass is 411 g/mol. The Morgan fingerprint density at radius 2 is 1.52 bits per heavy atom. The van der Waals surface area contributed by atoms with E-state index in [-0.39, 0.29) is 5.91 Å². The first kappa shape index (κ1) is 20.6. The standard InChI is InChI=1S/C23H22ClNO4/c1-17(29-20-13-11-18(24)12-14-20)23(26)25-21-9-5-6-10-22(21)28-16-15-27-19-7-3-2-4-8-19/h2-14,17H,15-16H2,1H3,(H,25,26). The lowest BCUT2D eigenvalue weighted by molar-refractivity contribution is -0.122. The van der Waals surface area contributed by atoms with E-state index in [0.29, 0.717) is 35.4 Å². The molecule has 0 aromatic heterocycles. The molecule has 1 N–H and O–H groups in total. The van der Waals surface area contributed by atoms with Gasteiger partial charge < -0.3 is 19.5 Å². The summed E-state index contributed by atoms with van der Waals surface area (Å²) in [5, 5.41) is 3.45. The number of para-hydroxylation sites is 3. The molecule has 0 spiro atoms. The fourth-order valence-corrected chi connectivity index (χ4v) is 2.65. The van der Waals surface area contributed by atoms with Crippen molar-refractivity contribution in [2.75, 3.05) is 18.5 Å².